The number of thiol groups is 1. The normalized spacial score (nSPS) is 6.00. The van der Waals surface area contributed by atoms with Crippen LogP contribution in [0.4, 0.5) is 0 Å². The van der Waals surface area contributed by atoms with Crippen LogP contribution >= 0.6 is 25.0 Å². The Balaban J connectivity index is 0. The predicted molar refractivity (Wildman–Crippen MR) is 34.5 cm³/mol. The van der Waals surface area contributed by atoms with Crippen molar-refractivity contribution in [1.29, 1.82) is 0 Å². The molecule has 0 N–H and O–H groups in total. The summed E-state index contributed by atoms with van der Waals surface area (Å²) >= 11 is 5.68. The Hall–Kier alpha value is 1.20. The van der Waals surface area contributed by atoms with Gasteiger partial charge in [-0.15, -0.1) is 12.4 Å². The average molecular weight is 175 g/mol. The molecule has 0 saturated carbocycles. The van der Waals surface area contributed by atoms with Gasteiger partial charge in [-0.05, 0) is 0 Å². The van der Waals surface area contributed by atoms with Crippen LogP contribution in [-0.2, 0) is 0 Å². The van der Waals surface area contributed by atoms with Gasteiger partial charge in [-0.3, -0.25) is 0 Å². The fourth-order valence-corrected chi connectivity index (χ4v) is 0. The molecule has 0 saturated heterocycles. The van der Waals surface area contributed by atoms with Crippen LogP contribution in [0.3, 0.4) is 0 Å². The summed E-state index contributed by atoms with van der Waals surface area (Å²) in [5, 5.41) is 1.25. The first kappa shape index (κ1) is 9.50. The molecule has 0 aromatic carbocycles. The summed E-state index contributed by atoms with van der Waals surface area (Å²) in [4.78, 5) is 0. The van der Waals surface area contributed by atoms with Crippen LogP contribution in [0.5, 0.6) is 0 Å². The Bertz CT molecular complexity index is 11.6. The monoisotopic (exact) mass is 174 g/mol. The van der Waals surface area contributed by atoms with Crippen LogP contribution in [0.15, 0.2) is 0 Å². The number of rotatable bonds is 1. The molecule has 0 nitrogen and oxygen atoms in total. The fourth-order valence-electron chi connectivity index (χ4n) is 0. The second-order valence-corrected chi connectivity index (χ2v) is 2.17. The molecule has 0 heterocycles. The van der Waals surface area contributed by atoms with E-state index in [4.69, 9.17) is 0 Å². The summed E-state index contributed by atoms with van der Waals surface area (Å²) in [6, 6.07) is 0. The Labute approximate surface area is 53.0 Å². The zero-order valence-corrected chi connectivity index (χ0v) is 6.98. The molecule has 0 rings (SSSR count). The first-order valence-corrected chi connectivity index (χ1v) is 3.57. The fraction of sp³-hybridized carbons (Fsp3) is 1.00. The number of hydrogen-bond acceptors (Lipinski definition) is 1. The standard InChI is InChI=1S/C2H7AsS.ClH/c3-1-2-4;/h4H,1-3H2;1H. The van der Waals surface area contributed by atoms with Crippen molar-refractivity contribution in [2.75, 3.05) is 5.75 Å². The molecule has 0 aromatic rings. The molecular weight excluding hydrogens is 166 g/mol. The molecule has 0 fully saturated rings. The van der Waals surface area contributed by atoms with Crippen LogP contribution in [0.2, 0.25) is 5.21 Å². The Morgan fingerprint density at radius 2 is 1.80 bits per heavy atom. The zero-order chi connectivity index (χ0) is 3.41. The predicted octanol–water partition coefficient (Wildman–Crippen LogP) is 0.389. The van der Waals surface area contributed by atoms with Crippen molar-refractivity contribution in [3.05, 3.63) is 0 Å². The summed E-state index contributed by atoms with van der Waals surface area (Å²) in [7, 11) is 0. The molecule has 3 heteroatoms. The van der Waals surface area contributed by atoms with Crippen molar-refractivity contribution in [2.24, 2.45) is 0 Å². The second-order valence-electron chi connectivity index (χ2n) is 0.512. The van der Waals surface area contributed by atoms with Crippen molar-refractivity contribution in [2.45, 2.75) is 5.21 Å². The van der Waals surface area contributed by atoms with Crippen molar-refractivity contribution in [1.82, 2.24) is 0 Å². The third-order valence-corrected chi connectivity index (χ3v) is 2.01. The topological polar surface area (TPSA) is 0 Å². The van der Waals surface area contributed by atoms with Gasteiger partial charge in [-0.2, -0.15) is 0 Å². The molecule has 0 amide bonds. The Kier molecular flexibility index (Phi) is 17.0. The number of halogens is 1. The van der Waals surface area contributed by atoms with Gasteiger partial charge < -0.3 is 0 Å². The van der Waals surface area contributed by atoms with Gasteiger partial charge in [-0.25, -0.2) is 0 Å². The van der Waals surface area contributed by atoms with E-state index in [0.29, 0.717) is 0 Å². The Morgan fingerprint density at radius 1 is 1.60 bits per heavy atom. The van der Waals surface area contributed by atoms with Gasteiger partial charge >= 0.3 is 40.4 Å². The summed E-state index contributed by atoms with van der Waals surface area (Å²) in [6.45, 7) is 0. The van der Waals surface area contributed by atoms with Gasteiger partial charge in [0.05, 0.1) is 0 Å². The van der Waals surface area contributed by atoms with Crippen LogP contribution in [-0.4, -0.2) is 22.6 Å². The van der Waals surface area contributed by atoms with E-state index in [2.05, 4.69) is 12.6 Å². The van der Waals surface area contributed by atoms with E-state index >= 15 is 0 Å². The molecule has 0 aliphatic heterocycles. The van der Waals surface area contributed by atoms with Crippen molar-refractivity contribution in [3.8, 4) is 0 Å². The van der Waals surface area contributed by atoms with E-state index in [0.717, 1.165) is 5.75 Å². The molecule has 5 heavy (non-hydrogen) atoms. The van der Waals surface area contributed by atoms with Crippen LogP contribution in [0.1, 0.15) is 0 Å². The first-order chi connectivity index (χ1) is 1.91. The van der Waals surface area contributed by atoms with Crippen molar-refractivity contribution < 1.29 is 0 Å². The Morgan fingerprint density at radius 3 is 1.80 bits per heavy atom. The van der Waals surface area contributed by atoms with Crippen molar-refractivity contribution >= 4 is 41.9 Å². The average Bonchev–Trinajstić information content (AvgIpc) is 1.37. The van der Waals surface area contributed by atoms with Gasteiger partial charge in [0.25, 0.3) is 0 Å². The van der Waals surface area contributed by atoms with Gasteiger partial charge in [0.15, 0.2) is 0 Å². The third kappa shape index (κ3) is 11.0. The molecule has 0 radical (unpaired) electrons. The molecule has 1 unspecified atom stereocenters. The molecule has 0 spiro atoms. The quantitative estimate of drug-likeness (QED) is 0.432. The van der Waals surface area contributed by atoms with E-state index < -0.39 is 0 Å². The van der Waals surface area contributed by atoms with E-state index in [1.54, 1.807) is 16.9 Å². The SMILES string of the molecule is Cl.SCC[AsH2]. The van der Waals surface area contributed by atoms with E-state index in [-0.39, 0.29) is 12.4 Å². The summed E-state index contributed by atoms with van der Waals surface area (Å²) < 4.78 is 0. The van der Waals surface area contributed by atoms with Gasteiger partial charge in [0.2, 0.25) is 0 Å². The molecule has 34 valence electrons. The van der Waals surface area contributed by atoms with Crippen LogP contribution in [0, 0.1) is 0 Å². The second kappa shape index (κ2) is 8.96. The number of hydrogen-bond donors (Lipinski definition) is 1. The maximum atomic E-state index is 3.94. The van der Waals surface area contributed by atoms with E-state index in [9.17, 15) is 0 Å². The molecule has 0 aromatic heterocycles. The zero-order valence-electron chi connectivity index (χ0n) is 2.85. The molecular formula is C2H8AsClS. The minimum absolute atomic E-state index is 0. The van der Waals surface area contributed by atoms with Gasteiger partial charge in [0, 0.05) is 0 Å². The summed E-state index contributed by atoms with van der Waals surface area (Å²) in [5.74, 6) is 1.04. The maximum absolute atomic E-state index is 3.94. The molecule has 1 atom stereocenters. The van der Waals surface area contributed by atoms with Crippen LogP contribution in [0.25, 0.3) is 0 Å². The van der Waals surface area contributed by atoms with Crippen molar-refractivity contribution in [3.63, 3.8) is 0 Å². The molecule has 0 bridgehead atoms. The van der Waals surface area contributed by atoms with E-state index in [1.807, 2.05) is 0 Å². The summed E-state index contributed by atoms with van der Waals surface area (Å²) in [5.41, 5.74) is 0. The van der Waals surface area contributed by atoms with Crippen LogP contribution < -0.4 is 0 Å². The van der Waals surface area contributed by atoms with E-state index in [1.165, 1.54) is 5.21 Å². The third-order valence-electron chi connectivity index (χ3n) is 0.129. The summed E-state index contributed by atoms with van der Waals surface area (Å²) in [6.07, 6.45) is 0. The first-order valence-electron chi connectivity index (χ1n) is 1.22. The molecule has 0 aliphatic rings. The van der Waals surface area contributed by atoms with Gasteiger partial charge in [-0.1, -0.05) is 0 Å². The van der Waals surface area contributed by atoms with Gasteiger partial charge in [0.1, 0.15) is 0 Å². The molecule has 0 aliphatic carbocycles. The minimum atomic E-state index is 0.